The number of aliphatic hydroxyl groups is 1. The maximum atomic E-state index is 10.3. The van der Waals surface area contributed by atoms with Gasteiger partial charge in [-0.05, 0) is 48.4 Å². The third kappa shape index (κ3) is 4.54. The monoisotopic (exact) mass is 443 g/mol. The predicted molar refractivity (Wildman–Crippen MR) is 120 cm³/mol. The minimum absolute atomic E-state index is 0.236. The molecule has 0 saturated carbocycles. The fourth-order valence-electron chi connectivity index (χ4n) is 3.24. The second-order valence-electron chi connectivity index (χ2n) is 6.99. The van der Waals surface area contributed by atoms with E-state index in [9.17, 15) is 5.11 Å². The van der Waals surface area contributed by atoms with Crippen molar-refractivity contribution in [2.75, 3.05) is 19.5 Å². The summed E-state index contributed by atoms with van der Waals surface area (Å²) in [5.41, 5.74) is 3.88. The lowest BCUT2D eigenvalue weighted by Gasteiger charge is -2.12. The first-order valence-corrected chi connectivity index (χ1v) is 10.9. The van der Waals surface area contributed by atoms with Gasteiger partial charge in [-0.15, -0.1) is 10.2 Å². The van der Waals surface area contributed by atoms with Crippen molar-refractivity contribution >= 4 is 39.9 Å². The van der Waals surface area contributed by atoms with E-state index in [-0.39, 0.29) is 6.61 Å². The molecule has 1 atom stereocenters. The Labute approximate surface area is 183 Å². The number of aromatic nitrogens is 3. The number of methoxy groups -OCH3 is 1. The van der Waals surface area contributed by atoms with Crippen LogP contribution in [0.1, 0.15) is 11.1 Å². The lowest BCUT2D eigenvalue weighted by molar-refractivity contribution is 0.0398. The highest BCUT2D eigenvalue weighted by Gasteiger charge is 2.14. The zero-order chi connectivity index (χ0) is 21.1. The number of hydrogen-bond donors (Lipinski definition) is 1. The fourth-order valence-corrected chi connectivity index (χ4v) is 4.22. The molecule has 0 radical (unpaired) electrons. The van der Waals surface area contributed by atoms with Crippen LogP contribution < -0.4 is 4.74 Å². The maximum Gasteiger partial charge on any atom is 0.196 e. The molecule has 2 aromatic heterocycles. The molecule has 4 aromatic rings. The average Bonchev–Trinajstić information content (AvgIpc) is 3.16. The Hall–Kier alpha value is -2.32. The molecule has 0 fully saturated rings. The zero-order valence-electron chi connectivity index (χ0n) is 16.7. The first-order valence-electron chi connectivity index (χ1n) is 9.50. The molecule has 0 amide bonds. The van der Waals surface area contributed by atoms with Gasteiger partial charge in [0.05, 0.1) is 31.9 Å². The highest BCUT2D eigenvalue weighted by atomic mass is 35.5. The number of aliphatic hydroxyl groups excluding tert-OH is 1. The van der Waals surface area contributed by atoms with Gasteiger partial charge in [-0.3, -0.25) is 4.40 Å². The summed E-state index contributed by atoms with van der Waals surface area (Å²) in [5.74, 6) is 1.22. The molecule has 8 heteroatoms. The van der Waals surface area contributed by atoms with E-state index in [0.717, 1.165) is 38.6 Å². The number of fused-ring (bicyclic) bond motifs is 3. The van der Waals surface area contributed by atoms with Crippen LogP contribution in [0.2, 0.25) is 5.02 Å². The second-order valence-corrected chi connectivity index (χ2v) is 8.42. The number of pyridine rings is 1. The zero-order valence-corrected chi connectivity index (χ0v) is 18.3. The van der Waals surface area contributed by atoms with Gasteiger partial charge in [-0.25, -0.2) is 0 Å². The summed E-state index contributed by atoms with van der Waals surface area (Å²) < 4.78 is 13.0. The van der Waals surface area contributed by atoms with E-state index >= 15 is 0 Å². The molecule has 30 heavy (non-hydrogen) atoms. The largest absolute Gasteiger partial charge is 0.497 e. The molecule has 1 N–H and O–H groups in total. The molecule has 0 aliphatic carbocycles. The van der Waals surface area contributed by atoms with E-state index < -0.39 is 6.10 Å². The van der Waals surface area contributed by atoms with Crippen LogP contribution in [0.25, 0.3) is 16.6 Å². The molecule has 2 aromatic carbocycles. The Kier molecular flexibility index (Phi) is 6.43. The lowest BCUT2D eigenvalue weighted by Crippen LogP contribution is -2.18. The Balaban J connectivity index is 1.44. The van der Waals surface area contributed by atoms with Crippen LogP contribution in [-0.2, 0) is 11.3 Å². The Morgan fingerprint density at radius 3 is 2.70 bits per heavy atom. The van der Waals surface area contributed by atoms with Crippen LogP contribution in [0.4, 0.5) is 0 Å². The van der Waals surface area contributed by atoms with Crippen LogP contribution in [0.3, 0.4) is 0 Å². The molecule has 4 rings (SSSR count). The highest BCUT2D eigenvalue weighted by Crippen LogP contribution is 2.28. The number of rotatable bonds is 8. The summed E-state index contributed by atoms with van der Waals surface area (Å²) in [6.07, 6.45) is -0.624. The number of nitrogens with zero attached hydrogens (tertiary/aromatic N) is 3. The molecule has 2 heterocycles. The predicted octanol–water partition coefficient (Wildman–Crippen LogP) is 4.52. The lowest BCUT2D eigenvalue weighted by atomic mass is 10.1. The Morgan fingerprint density at radius 1 is 1.13 bits per heavy atom. The topological polar surface area (TPSA) is 68.9 Å². The van der Waals surface area contributed by atoms with Gasteiger partial charge < -0.3 is 14.6 Å². The van der Waals surface area contributed by atoms with Crippen molar-refractivity contribution in [3.63, 3.8) is 0 Å². The van der Waals surface area contributed by atoms with Crippen molar-refractivity contribution in [3.8, 4) is 5.75 Å². The van der Waals surface area contributed by atoms with Crippen LogP contribution in [0.5, 0.6) is 5.75 Å². The molecule has 0 aliphatic rings. The molecule has 1 unspecified atom stereocenters. The first-order chi connectivity index (χ1) is 14.5. The summed E-state index contributed by atoms with van der Waals surface area (Å²) in [7, 11) is 1.65. The first kappa shape index (κ1) is 20.9. The molecule has 0 spiro atoms. The average molecular weight is 444 g/mol. The van der Waals surface area contributed by atoms with Gasteiger partial charge in [0.25, 0.3) is 0 Å². The van der Waals surface area contributed by atoms with E-state index in [0.29, 0.717) is 17.4 Å². The van der Waals surface area contributed by atoms with Gasteiger partial charge in [0, 0.05) is 22.2 Å². The van der Waals surface area contributed by atoms with E-state index in [1.165, 1.54) is 11.8 Å². The summed E-state index contributed by atoms with van der Waals surface area (Å²) in [4.78, 5) is 0. The van der Waals surface area contributed by atoms with Gasteiger partial charge in [-0.2, -0.15) is 0 Å². The SMILES string of the molecule is COc1ccc2c(C)cc3nnc(SCC(O)COCc4ccc(Cl)cc4)n3c2c1. The van der Waals surface area contributed by atoms with Crippen molar-refractivity contribution in [3.05, 3.63) is 64.7 Å². The Bertz CT molecular complexity index is 1160. The highest BCUT2D eigenvalue weighted by molar-refractivity contribution is 7.99. The van der Waals surface area contributed by atoms with Crippen molar-refractivity contribution < 1.29 is 14.6 Å². The van der Waals surface area contributed by atoms with Gasteiger partial charge in [0.2, 0.25) is 0 Å². The smallest absolute Gasteiger partial charge is 0.196 e. The van der Waals surface area contributed by atoms with E-state index in [1.54, 1.807) is 7.11 Å². The summed E-state index contributed by atoms with van der Waals surface area (Å²) in [6, 6.07) is 15.4. The number of ether oxygens (including phenoxy) is 2. The summed E-state index contributed by atoms with van der Waals surface area (Å²) in [5, 5.41) is 21.5. The quantitative estimate of drug-likeness (QED) is 0.404. The number of halogens is 1. The van der Waals surface area contributed by atoms with Gasteiger partial charge in [0.15, 0.2) is 10.8 Å². The Morgan fingerprint density at radius 2 is 1.93 bits per heavy atom. The molecular weight excluding hydrogens is 422 g/mol. The van der Waals surface area contributed by atoms with Crippen LogP contribution in [0, 0.1) is 6.92 Å². The minimum Gasteiger partial charge on any atom is -0.497 e. The summed E-state index contributed by atoms with van der Waals surface area (Å²) >= 11 is 7.33. The number of hydrogen-bond acceptors (Lipinski definition) is 6. The maximum absolute atomic E-state index is 10.3. The van der Waals surface area contributed by atoms with Gasteiger partial charge in [0.1, 0.15) is 5.75 Å². The van der Waals surface area contributed by atoms with Crippen molar-refractivity contribution in [2.24, 2.45) is 0 Å². The summed E-state index contributed by atoms with van der Waals surface area (Å²) in [6.45, 7) is 2.72. The molecule has 6 nitrogen and oxygen atoms in total. The minimum atomic E-state index is -0.624. The number of benzene rings is 2. The molecule has 0 bridgehead atoms. The molecule has 0 saturated heterocycles. The standard InChI is InChI=1S/C22H22ClN3O3S/c1-14-9-21-24-25-22(26(21)20-10-18(28-2)7-8-19(14)20)30-13-17(27)12-29-11-15-3-5-16(23)6-4-15/h3-10,17,27H,11-13H2,1-2H3. The molecular formula is C22H22ClN3O3S. The second kappa shape index (κ2) is 9.22. The van der Waals surface area contributed by atoms with Crippen LogP contribution in [-0.4, -0.2) is 45.3 Å². The van der Waals surface area contributed by atoms with Gasteiger partial charge >= 0.3 is 0 Å². The van der Waals surface area contributed by atoms with Crippen molar-refractivity contribution in [1.82, 2.24) is 14.6 Å². The number of aryl methyl sites for hydroxylation is 1. The van der Waals surface area contributed by atoms with E-state index in [1.807, 2.05) is 52.9 Å². The van der Waals surface area contributed by atoms with Crippen molar-refractivity contribution in [2.45, 2.75) is 24.8 Å². The fraction of sp³-hybridized carbons (Fsp3) is 0.273. The normalized spacial score (nSPS) is 12.5. The number of thioether (sulfide) groups is 1. The third-order valence-electron chi connectivity index (χ3n) is 4.77. The molecule has 0 aliphatic heterocycles. The molecule has 156 valence electrons. The van der Waals surface area contributed by atoms with Gasteiger partial charge in [-0.1, -0.05) is 35.5 Å². The van der Waals surface area contributed by atoms with E-state index in [4.69, 9.17) is 21.1 Å². The van der Waals surface area contributed by atoms with Crippen LogP contribution >= 0.6 is 23.4 Å². The van der Waals surface area contributed by atoms with Crippen molar-refractivity contribution in [1.29, 1.82) is 0 Å². The van der Waals surface area contributed by atoms with E-state index in [2.05, 4.69) is 17.1 Å². The third-order valence-corrected chi connectivity index (χ3v) is 6.10. The van der Waals surface area contributed by atoms with Crippen LogP contribution in [0.15, 0.2) is 53.7 Å².